The van der Waals surface area contributed by atoms with Crippen molar-refractivity contribution < 1.29 is 14.5 Å². The number of piperidine rings is 1. The molecule has 8 heteroatoms. The van der Waals surface area contributed by atoms with Crippen LogP contribution >= 0.6 is 12.4 Å². The van der Waals surface area contributed by atoms with Crippen molar-refractivity contribution in [2.45, 2.75) is 25.8 Å². The zero-order valence-electron chi connectivity index (χ0n) is 13.2. The van der Waals surface area contributed by atoms with Gasteiger partial charge in [-0.15, -0.1) is 12.4 Å². The van der Waals surface area contributed by atoms with Crippen LogP contribution in [0.25, 0.3) is 0 Å². The van der Waals surface area contributed by atoms with Gasteiger partial charge >= 0.3 is 0 Å². The maximum absolute atomic E-state index is 12.7. The molecule has 1 saturated heterocycles. The third-order valence-corrected chi connectivity index (χ3v) is 4.11. The summed E-state index contributed by atoms with van der Waals surface area (Å²) in [7, 11) is 1.44. The van der Waals surface area contributed by atoms with Crippen LogP contribution in [0.5, 0.6) is 5.75 Å². The molecule has 0 aliphatic carbocycles. The molecule has 2 unspecified atom stereocenters. The number of nitrogens with two attached hydrogens (primary N) is 1. The highest BCUT2D eigenvalue weighted by molar-refractivity contribution is 5.97. The molecule has 0 bridgehead atoms. The Hall–Kier alpha value is -1.86. The van der Waals surface area contributed by atoms with Crippen molar-refractivity contribution in [1.82, 2.24) is 4.90 Å². The van der Waals surface area contributed by atoms with Gasteiger partial charge in [0.15, 0.2) is 0 Å². The molecule has 128 valence electrons. The lowest BCUT2D eigenvalue weighted by Crippen LogP contribution is -2.45. The molecule has 0 spiro atoms. The van der Waals surface area contributed by atoms with Crippen molar-refractivity contribution in [1.29, 1.82) is 0 Å². The molecule has 1 aliphatic heterocycles. The Morgan fingerprint density at radius 3 is 2.78 bits per heavy atom. The van der Waals surface area contributed by atoms with Gasteiger partial charge in [-0.25, -0.2) is 0 Å². The SMILES string of the molecule is COc1ccc([N+](=O)[O-])cc1C(=O)N1CCCC(C(C)N)C1.Cl. The molecule has 1 fully saturated rings. The molecule has 0 saturated carbocycles. The molecule has 1 aromatic rings. The van der Waals surface area contributed by atoms with Gasteiger partial charge in [0, 0.05) is 31.3 Å². The number of nitrogens with zero attached hydrogens (tertiary/aromatic N) is 2. The summed E-state index contributed by atoms with van der Waals surface area (Å²) >= 11 is 0. The third kappa shape index (κ3) is 4.33. The van der Waals surface area contributed by atoms with Crippen LogP contribution in [-0.4, -0.2) is 42.0 Å². The first-order valence-corrected chi connectivity index (χ1v) is 7.31. The number of benzene rings is 1. The summed E-state index contributed by atoms with van der Waals surface area (Å²) < 4.78 is 5.17. The fraction of sp³-hybridized carbons (Fsp3) is 0.533. The first-order valence-electron chi connectivity index (χ1n) is 7.31. The van der Waals surface area contributed by atoms with E-state index in [1.807, 2.05) is 6.92 Å². The van der Waals surface area contributed by atoms with E-state index in [-0.39, 0.29) is 41.5 Å². The molecule has 1 aromatic carbocycles. The van der Waals surface area contributed by atoms with Crippen LogP contribution in [0.3, 0.4) is 0 Å². The topological polar surface area (TPSA) is 98.7 Å². The van der Waals surface area contributed by atoms with Gasteiger partial charge in [0.1, 0.15) is 5.75 Å². The van der Waals surface area contributed by atoms with E-state index in [9.17, 15) is 14.9 Å². The predicted octanol–water partition coefficient (Wildman–Crippen LogP) is 2.22. The van der Waals surface area contributed by atoms with Crippen molar-refractivity contribution in [2.24, 2.45) is 11.7 Å². The van der Waals surface area contributed by atoms with Crippen molar-refractivity contribution in [3.05, 3.63) is 33.9 Å². The van der Waals surface area contributed by atoms with Crippen LogP contribution in [-0.2, 0) is 0 Å². The van der Waals surface area contributed by atoms with Crippen molar-refractivity contribution in [2.75, 3.05) is 20.2 Å². The molecule has 1 amide bonds. The number of nitro benzene ring substituents is 1. The lowest BCUT2D eigenvalue weighted by Gasteiger charge is -2.34. The first kappa shape index (κ1) is 19.2. The summed E-state index contributed by atoms with van der Waals surface area (Å²) in [5.74, 6) is 0.354. The first-order chi connectivity index (χ1) is 10.4. The van der Waals surface area contributed by atoms with Crippen LogP contribution in [0.2, 0.25) is 0 Å². The molecule has 0 radical (unpaired) electrons. The molecule has 7 nitrogen and oxygen atoms in total. The van der Waals surface area contributed by atoms with E-state index in [2.05, 4.69) is 0 Å². The van der Waals surface area contributed by atoms with Gasteiger partial charge < -0.3 is 15.4 Å². The number of carbonyl (C=O) groups is 1. The largest absolute Gasteiger partial charge is 0.496 e. The molecular formula is C15H22ClN3O4. The number of ether oxygens (including phenoxy) is 1. The van der Waals surface area contributed by atoms with Crippen molar-refractivity contribution >= 4 is 24.0 Å². The number of non-ortho nitro benzene ring substituents is 1. The number of halogens is 1. The van der Waals surface area contributed by atoms with Gasteiger partial charge in [-0.05, 0) is 31.7 Å². The predicted molar refractivity (Wildman–Crippen MR) is 89.2 cm³/mol. The standard InChI is InChI=1S/C15H21N3O4.ClH/c1-10(16)11-4-3-7-17(9-11)15(19)13-8-12(18(20)21)5-6-14(13)22-2;/h5-6,8,10-11H,3-4,7,9,16H2,1-2H3;1H. The van der Waals surface area contributed by atoms with Crippen LogP contribution in [0.1, 0.15) is 30.1 Å². The number of rotatable bonds is 4. The number of hydrogen-bond donors (Lipinski definition) is 1. The smallest absolute Gasteiger partial charge is 0.270 e. The molecule has 1 aliphatic rings. The average Bonchev–Trinajstić information content (AvgIpc) is 2.53. The van der Waals surface area contributed by atoms with Gasteiger partial charge in [0.2, 0.25) is 0 Å². The van der Waals surface area contributed by atoms with E-state index in [1.165, 1.54) is 25.3 Å². The van der Waals surface area contributed by atoms with Crippen LogP contribution < -0.4 is 10.5 Å². The third-order valence-electron chi connectivity index (χ3n) is 4.11. The normalized spacial score (nSPS) is 18.7. The number of nitro groups is 1. The summed E-state index contributed by atoms with van der Waals surface area (Å²) in [6.07, 6.45) is 1.88. The summed E-state index contributed by atoms with van der Waals surface area (Å²) in [6, 6.07) is 4.08. The second-order valence-corrected chi connectivity index (χ2v) is 5.65. The van der Waals surface area contributed by atoms with E-state index in [0.717, 1.165) is 12.8 Å². The highest BCUT2D eigenvalue weighted by Gasteiger charge is 2.28. The summed E-state index contributed by atoms with van der Waals surface area (Å²) in [5, 5.41) is 10.9. The monoisotopic (exact) mass is 343 g/mol. The minimum absolute atomic E-state index is 0. The number of carbonyl (C=O) groups excluding carboxylic acids is 1. The fourth-order valence-electron chi connectivity index (χ4n) is 2.77. The Bertz CT molecular complexity index is 580. The minimum Gasteiger partial charge on any atom is -0.496 e. The van der Waals surface area contributed by atoms with Gasteiger partial charge in [-0.1, -0.05) is 0 Å². The fourth-order valence-corrected chi connectivity index (χ4v) is 2.77. The summed E-state index contributed by atoms with van der Waals surface area (Å²) in [4.78, 5) is 24.8. The molecule has 0 aromatic heterocycles. The molecule has 1 heterocycles. The van der Waals surface area contributed by atoms with Gasteiger partial charge in [0.25, 0.3) is 11.6 Å². The molecule has 2 atom stereocenters. The van der Waals surface area contributed by atoms with Crippen molar-refractivity contribution in [3.8, 4) is 5.75 Å². The highest BCUT2D eigenvalue weighted by Crippen LogP contribution is 2.27. The van der Waals surface area contributed by atoms with E-state index >= 15 is 0 Å². The maximum Gasteiger partial charge on any atom is 0.270 e. The number of likely N-dealkylation sites (tertiary alicyclic amines) is 1. The van der Waals surface area contributed by atoms with E-state index in [0.29, 0.717) is 18.8 Å². The zero-order chi connectivity index (χ0) is 16.3. The van der Waals surface area contributed by atoms with E-state index in [1.54, 1.807) is 4.90 Å². The highest BCUT2D eigenvalue weighted by atomic mass is 35.5. The number of amides is 1. The van der Waals surface area contributed by atoms with Gasteiger partial charge in [-0.3, -0.25) is 14.9 Å². The van der Waals surface area contributed by atoms with Crippen LogP contribution in [0, 0.1) is 16.0 Å². The zero-order valence-corrected chi connectivity index (χ0v) is 14.0. The minimum atomic E-state index is -0.517. The average molecular weight is 344 g/mol. The van der Waals surface area contributed by atoms with Gasteiger partial charge in [0.05, 0.1) is 17.6 Å². The Morgan fingerprint density at radius 1 is 1.52 bits per heavy atom. The van der Waals surface area contributed by atoms with Crippen LogP contribution in [0.15, 0.2) is 18.2 Å². The van der Waals surface area contributed by atoms with E-state index in [4.69, 9.17) is 10.5 Å². The molecule has 23 heavy (non-hydrogen) atoms. The number of methoxy groups -OCH3 is 1. The lowest BCUT2D eigenvalue weighted by atomic mass is 9.92. The Labute approximate surface area is 141 Å². The maximum atomic E-state index is 12.7. The lowest BCUT2D eigenvalue weighted by molar-refractivity contribution is -0.384. The molecule has 2 rings (SSSR count). The van der Waals surface area contributed by atoms with Crippen molar-refractivity contribution in [3.63, 3.8) is 0 Å². The second kappa shape index (κ2) is 8.12. The Balaban J connectivity index is 0.00000264. The Kier molecular flexibility index (Phi) is 6.78. The van der Waals surface area contributed by atoms with E-state index < -0.39 is 4.92 Å². The van der Waals surface area contributed by atoms with Gasteiger partial charge in [-0.2, -0.15) is 0 Å². The molecule has 2 N–H and O–H groups in total. The summed E-state index contributed by atoms with van der Waals surface area (Å²) in [5.41, 5.74) is 6.04. The number of hydrogen-bond acceptors (Lipinski definition) is 5. The van der Waals surface area contributed by atoms with Crippen LogP contribution in [0.4, 0.5) is 5.69 Å². The second-order valence-electron chi connectivity index (χ2n) is 5.65. The molecular weight excluding hydrogens is 322 g/mol. The Morgan fingerprint density at radius 2 is 2.22 bits per heavy atom. The quantitative estimate of drug-likeness (QED) is 0.667. The summed E-state index contributed by atoms with van der Waals surface area (Å²) in [6.45, 7) is 3.14.